The summed E-state index contributed by atoms with van der Waals surface area (Å²) in [5.41, 5.74) is 1.19. The fourth-order valence-electron chi connectivity index (χ4n) is 18.8. The van der Waals surface area contributed by atoms with E-state index < -0.39 is 96.2 Å². The fraction of sp³-hybridized carbons (Fsp3) is 0.615. The van der Waals surface area contributed by atoms with Crippen molar-refractivity contribution in [2.24, 2.45) is 10.8 Å². The number of hydrogen-bond donors (Lipinski definition) is 1. The van der Waals surface area contributed by atoms with Crippen LogP contribution in [0.25, 0.3) is 0 Å². The summed E-state index contributed by atoms with van der Waals surface area (Å²) < 4.78 is 109. The van der Waals surface area contributed by atoms with Gasteiger partial charge < -0.3 is 76.2 Å². The number of rotatable bonds is 21. The minimum absolute atomic E-state index is 0.0385. The molecule has 11 atom stereocenters. The largest absolute Gasteiger partial charge is 0.497 e. The van der Waals surface area contributed by atoms with Gasteiger partial charge in [-0.1, -0.05) is 26.7 Å². The molecule has 3 saturated heterocycles. The van der Waals surface area contributed by atoms with Crippen LogP contribution in [-0.2, 0) is 90.7 Å². The maximum atomic E-state index is 13.7. The predicted octanol–water partition coefficient (Wildman–Crippen LogP) is 9.68. The highest BCUT2D eigenvalue weighted by Gasteiger charge is 2.63. The maximum Gasteiger partial charge on any atom is 0.339 e. The lowest BCUT2D eigenvalue weighted by Gasteiger charge is -2.40. The summed E-state index contributed by atoms with van der Waals surface area (Å²) in [7, 11) is 6.06. The minimum Gasteiger partial charge on any atom is -0.497 e. The molecule has 0 radical (unpaired) electrons. The fourth-order valence-corrected chi connectivity index (χ4v) is 18.8. The van der Waals surface area contributed by atoms with Gasteiger partial charge in [-0.15, -0.1) is 0 Å². The Balaban J connectivity index is 0.000000140. The van der Waals surface area contributed by atoms with Crippen LogP contribution in [0.15, 0.2) is 71.9 Å². The molecule has 0 bridgehead atoms. The second kappa shape index (κ2) is 30.1. The highest BCUT2D eigenvalue weighted by Crippen LogP contribution is 2.60. The molecule has 3 aromatic carbocycles. The van der Waals surface area contributed by atoms with Crippen LogP contribution >= 0.6 is 0 Å². The molecule has 0 unspecified atom stereocenters. The normalized spacial score (nSPS) is 27.7. The van der Waals surface area contributed by atoms with Crippen molar-refractivity contribution < 1.29 is 114 Å². The Kier molecular flexibility index (Phi) is 21.5. The third kappa shape index (κ3) is 13.7. The first-order valence-corrected chi connectivity index (χ1v) is 36.7. The molecule has 0 saturated carbocycles. The van der Waals surface area contributed by atoms with Crippen molar-refractivity contribution in [3.63, 3.8) is 0 Å². The Labute approximate surface area is 609 Å². The molecule has 0 aromatic heterocycles. The third-order valence-electron chi connectivity index (χ3n) is 23.7. The van der Waals surface area contributed by atoms with Gasteiger partial charge in [0.2, 0.25) is 34.1 Å². The SMILES string of the molecule is CCC[C@@](C)(CC(=O)OCF)C(=O)O[C@@H]1C(OC)=C[C@]23CCCN2CCc2cc4c(cc2[C@H]13)OCO4.CCC[C@@](O)(CC(=O)OCF)C(=O)O[C@@H]1C(OC)=C[C@]23CCCN2CCc2cc4c(cc2[C@H]13)OCO4.COC(=O)CC(C)(C)C(=O)O[C@@H]1C(OC)=C[C@]23CCCN2CCc2cc4c(cc2[C@H]13)OCO4. The van der Waals surface area contributed by atoms with E-state index in [1.165, 1.54) is 19.8 Å². The maximum absolute atomic E-state index is 13.7. The molecule has 570 valence electrons. The number of hydrogen-bond acceptors (Lipinski definition) is 25. The minimum atomic E-state index is -2.15. The van der Waals surface area contributed by atoms with Crippen molar-refractivity contribution in [2.75, 3.05) is 102 Å². The smallest absolute Gasteiger partial charge is 0.339 e. The quantitative estimate of drug-likeness (QED) is 0.0767. The Morgan fingerprint density at radius 1 is 0.476 bits per heavy atom. The first-order chi connectivity index (χ1) is 50.5. The van der Waals surface area contributed by atoms with Crippen molar-refractivity contribution in [1.29, 1.82) is 0 Å². The summed E-state index contributed by atoms with van der Waals surface area (Å²) in [6, 6.07) is 12.2. The van der Waals surface area contributed by atoms with Crippen LogP contribution in [0.3, 0.4) is 0 Å². The van der Waals surface area contributed by atoms with Crippen LogP contribution < -0.4 is 28.4 Å². The molecule has 3 spiro atoms. The number of nitrogens with zero attached hydrogens (tertiary/aromatic N) is 3. The van der Waals surface area contributed by atoms with E-state index in [1.807, 2.05) is 31.2 Å². The van der Waals surface area contributed by atoms with E-state index in [4.69, 9.17) is 61.6 Å². The third-order valence-corrected chi connectivity index (χ3v) is 23.7. The Morgan fingerprint density at radius 3 is 1.18 bits per heavy atom. The van der Waals surface area contributed by atoms with Gasteiger partial charge in [-0.05, 0) is 199 Å². The topological polar surface area (TPSA) is 271 Å². The van der Waals surface area contributed by atoms with Crippen molar-refractivity contribution in [2.45, 2.75) is 196 Å². The molecule has 9 heterocycles. The summed E-state index contributed by atoms with van der Waals surface area (Å²) in [5.74, 6) is 1.21. The summed E-state index contributed by atoms with van der Waals surface area (Å²) in [5, 5.41) is 11.2. The van der Waals surface area contributed by atoms with Crippen molar-refractivity contribution in [1.82, 2.24) is 14.7 Å². The van der Waals surface area contributed by atoms with E-state index in [1.54, 1.807) is 41.9 Å². The number of halogens is 2. The Morgan fingerprint density at radius 2 is 0.829 bits per heavy atom. The number of ether oxygens (including phenoxy) is 15. The molecule has 0 amide bonds. The molecule has 12 aliphatic rings. The summed E-state index contributed by atoms with van der Waals surface area (Å²) in [4.78, 5) is 83.9. The molecule has 1 N–H and O–H groups in total. The summed E-state index contributed by atoms with van der Waals surface area (Å²) in [6.07, 6.45) is 13.0. The Hall–Kier alpha value is -8.40. The molecular formula is C78H97F2N3O22. The van der Waals surface area contributed by atoms with Gasteiger partial charge in [0.1, 0.15) is 17.3 Å². The molecule has 105 heavy (non-hydrogen) atoms. The lowest BCUT2D eigenvalue weighted by Crippen LogP contribution is -2.49. The summed E-state index contributed by atoms with van der Waals surface area (Å²) >= 11 is 0. The number of esters is 6. The molecule has 25 nitrogen and oxygen atoms in total. The van der Waals surface area contributed by atoms with Crippen LogP contribution in [0, 0.1) is 10.8 Å². The van der Waals surface area contributed by atoms with Gasteiger partial charge in [-0.25, -0.2) is 13.6 Å². The molecule has 9 aliphatic heterocycles. The molecule has 3 aromatic rings. The number of carbonyl (C=O) groups excluding carboxylic acids is 6. The van der Waals surface area contributed by atoms with Crippen LogP contribution in [0.4, 0.5) is 8.78 Å². The van der Waals surface area contributed by atoms with Gasteiger partial charge in [0.25, 0.3) is 0 Å². The van der Waals surface area contributed by atoms with E-state index in [0.29, 0.717) is 53.8 Å². The molecule has 3 fully saturated rings. The van der Waals surface area contributed by atoms with Crippen LogP contribution in [-0.4, -0.2) is 198 Å². The van der Waals surface area contributed by atoms with E-state index in [0.717, 1.165) is 142 Å². The van der Waals surface area contributed by atoms with Crippen molar-refractivity contribution in [3.05, 3.63) is 105 Å². The number of aliphatic hydroxyl groups is 1. The van der Waals surface area contributed by atoms with Crippen molar-refractivity contribution >= 4 is 35.8 Å². The monoisotopic (exact) mass is 1470 g/mol. The second-order valence-electron chi connectivity index (χ2n) is 30.2. The van der Waals surface area contributed by atoms with E-state index >= 15 is 0 Å². The summed E-state index contributed by atoms with van der Waals surface area (Å²) in [6.45, 7) is 12.2. The lowest BCUT2D eigenvalue weighted by molar-refractivity contribution is -0.179. The van der Waals surface area contributed by atoms with E-state index in [9.17, 15) is 42.7 Å². The number of methoxy groups -OCH3 is 4. The van der Waals surface area contributed by atoms with E-state index in [2.05, 4.69) is 54.5 Å². The van der Waals surface area contributed by atoms with Crippen LogP contribution in [0.1, 0.15) is 169 Å². The predicted molar refractivity (Wildman–Crippen MR) is 369 cm³/mol. The molecule has 3 aliphatic carbocycles. The zero-order valence-corrected chi connectivity index (χ0v) is 61.4. The second-order valence-corrected chi connectivity index (χ2v) is 30.2. The molecular weight excluding hydrogens is 1370 g/mol. The molecule has 15 rings (SSSR count). The van der Waals surface area contributed by atoms with Crippen LogP contribution in [0.2, 0.25) is 0 Å². The first-order valence-electron chi connectivity index (χ1n) is 36.7. The van der Waals surface area contributed by atoms with Gasteiger partial charge in [-0.2, -0.15) is 0 Å². The standard InChI is InChI=1S/C27H34FNO7.C26H32FNO8.C25H31NO7/c1-4-7-26(2,14-22(30)33-15-28)25(31)36-24-21(32-3)13-27-8-5-9-29(27)10-6-17-11-19-20(35-16-34-19)12-18(17)23(24)27;1-3-6-26(31,13-21(29)33-14-27)24(30)36-23-20(32-2)12-25-7-4-8-28(25)9-5-16-10-18-19(35-15-34-18)11-17(16)22(23)25;1-24(2,13-20(27)30-4)23(28)33-22-19(29-3)12-25-7-5-8-26(25)9-6-15-10-17-18(32-14-31-17)11-16(15)21(22)25/h11-13,23-24H,4-10,14-16H2,1-3H3;10-12,22-23,31H,3-9,13-15H2,1-2H3;10-12,21-22H,5-9,13-14H2,1-4H3/t23-,24-,26+,27+;22-,23-,25+,26-;21-,22-,25+/m111/s1. The van der Waals surface area contributed by atoms with Gasteiger partial charge in [0.05, 0.1) is 92.9 Å². The number of carbonyl (C=O) groups is 6. The number of benzene rings is 3. The highest BCUT2D eigenvalue weighted by molar-refractivity contribution is 5.86. The van der Waals surface area contributed by atoms with Gasteiger partial charge >= 0.3 is 35.8 Å². The zero-order valence-electron chi connectivity index (χ0n) is 61.4. The highest BCUT2D eigenvalue weighted by atomic mass is 19.1. The van der Waals surface area contributed by atoms with E-state index in [-0.39, 0.29) is 68.5 Å². The number of fused-ring (bicyclic) bond motifs is 9. The average Bonchev–Trinajstić information content (AvgIpc) is 1.57. The van der Waals surface area contributed by atoms with Gasteiger partial charge in [0, 0.05) is 19.6 Å². The van der Waals surface area contributed by atoms with Gasteiger partial charge in [0.15, 0.2) is 58.4 Å². The number of alkyl halides is 2. The lowest BCUT2D eigenvalue weighted by atomic mass is 9.77. The zero-order chi connectivity index (χ0) is 74.4. The Bertz CT molecular complexity index is 3790. The van der Waals surface area contributed by atoms with Crippen molar-refractivity contribution in [3.8, 4) is 34.5 Å². The average molecular weight is 1470 g/mol. The van der Waals surface area contributed by atoms with Gasteiger partial charge in [-0.3, -0.25) is 38.7 Å². The first kappa shape index (κ1) is 74.9. The van der Waals surface area contributed by atoms with Crippen LogP contribution in [0.5, 0.6) is 34.5 Å². The molecule has 27 heteroatoms.